The number of nitro groups is 1. The summed E-state index contributed by atoms with van der Waals surface area (Å²) >= 11 is 1.20. The van der Waals surface area contributed by atoms with E-state index in [1.54, 1.807) is 19.2 Å². The normalized spacial score (nSPS) is 19.8. The van der Waals surface area contributed by atoms with Gasteiger partial charge in [0, 0.05) is 30.8 Å². The van der Waals surface area contributed by atoms with E-state index in [2.05, 4.69) is 4.90 Å². The third-order valence-electron chi connectivity index (χ3n) is 3.00. The predicted molar refractivity (Wildman–Crippen MR) is 71.6 cm³/mol. The number of hydrogen-bond donors (Lipinski definition) is 0. The Morgan fingerprint density at radius 3 is 3.17 bits per heavy atom. The van der Waals surface area contributed by atoms with Crippen molar-refractivity contribution in [2.45, 2.75) is 18.9 Å². The van der Waals surface area contributed by atoms with Crippen molar-refractivity contribution in [3.63, 3.8) is 0 Å². The summed E-state index contributed by atoms with van der Waals surface area (Å²) < 4.78 is 5.18. The average molecular weight is 268 g/mol. The Hall–Kier alpha value is -1.40. The van der Waals surface area contributed by atoms with Crippen LogP contribution in [0.1, 0.15) is 17.7 Å². The zero-order chi connectivity index (χ0) is 13.0. The van der Waals surface area contributed by atoms with Gasteiger partial charge in [-0.1, -0.05) is 11.3 Å². The topological polar surface area (TPSA) is 55.6 Å². The molecule has 0 unspecified atom stereocenters. The number of ether oxygens (including phenoxy) is 1. The molecule has 1 atom stereocenters. The van der Waals surface area contributed by atoms with Crippen molar-refractivity contribution >= 4 is 22.4 Å². The zero-order valence-electron chi connectivity index (χ0n) is 10.2. The van der Waals surface area contributed by atoms with Crippen LogP contribution in [0, 0.1) is 10.1 Å². The van der Waals surface area contributed by atoms with E-state index >= 15 is 0 Å². The van der Waals surface area contributed by atoms with Crippen molar-refractivity contribution < 1.29 is 9.66 Å². The molecule has 0 aliphatic carbocycles. The summed E-state index contributed by atoms with van der Waals surface area (Å²) in [6, 6.07) is 3.75. The molecule has 0 spiro atoms. The Bertz CT molecular complexity index is 444. The van der Waals surface area contributed by atoms with Gasteiger partial charge in [-0.2, -0.15) is 0 Å². The van der Waals surface area contributed by atoms with Crippen LogP contribution in [0.15, 0.2) is 18.3 Å². The molecule has 1 aliphatic heterocycles. The second-order valence-corrected chi connectivity index (χ2v) is 5.33. The number of likely N-dealkylation sites (tertiary alicyclic amines) is 1. The molecule has 2 rings (SSSR count). The summed E-state index contributed by atoms with van der Waals surface area (Å²) in [6.07, 6.45) is 6.27. The maximum Gasteiger partial charge on any atom is 0.324 e. The number of hydrogen-bond acceptors (Lipinski definition) is 5. The number of rotatable bonds is 5. The second-order valence-electron chi connectivity index (χ2n) is 4.24. The van der Waals surface area contributed by atoms with E-state index in [9.17, 15) is 10.1 Å². The minimum Gasteiger partial charge on any atom is -0.383 e. The van der Waals surface area contributed by atoms with Crippen LogP contribution in [0.25, 0.3) is 6.08 Å². The van der Waals surface area contributed by atoms with Crippen LogP contribution in [0.2, 0.25) is 0 Å². The van der Waals surface area contributed by atoms with Crippen molar-refractivity contribution in [1.29, 1.82) is 0 Å². The fourth-order valence-electron chi connectivity index (χ4n) is 2.12. The van der Waals surface area contributed by atoms with Gasteiger partial charge in [0.15, 0.2) is 0 Å². The third kappa shape index (κ3) is 3.08. The molecule has 2 heterocycles. The molecule has 0 amide bonds. The van der Waals surface area contributed by atoms with Crippen molar-refractivity contribution in [1.82, 2.24) is 4.90 Å². The standard InChI is InChI=1S/C12H16N2O3S/c1-17-9-10-3-2-7-13(10)8-6-11-4-5-12(18-11)14(15)16/h4-6,8,10H,2-3,7,9H2,1H3/b8-6+/t10-/m1/s1. The molecule has 0 N–H and O–H groups in total. The highest BCUT2D eigenvalue weighted by Gasteiger charge is 2.21. The van der Waals surface area contributed by atoms with E-state index in [1.807, 2.05) is 12.3 Å². The summed E-state index contributed by atoms with van der Waals surface area (Å²) in [6.45, 7) is 1.76. The molecular weight excluding hydrogens is 252 g/mol. The van der Waals surface area contributed by atoms with Gasteiger partial charge in [0.25, 0.3) is 0 Å². The monoisotopic (exact) mass is 268 g/mol. The Labute approximate surface area is 110 Å². The zero-order valence-corrected chi connectivity index (χ0v) is 11.1. The molecule has 5 nitrogen and oxygen atoms in total. The maximum absolute atomic E-state index is 10.6. The fraction of sp³-hybridized carbons (Fsp3) is 0.500. The fourth-order valence-corrected chi connectivity index (χ4v) is 2.84. The van der Waals surface area contributed by atoms with Crippen molar-refractivity contribution in [2.75, 3.05) is 20.3 Å². The van der Waals surface area contributed by atoms with Gasteiger partial charge in [0.05, 0.1) is 17.6 Å². The Balaban J connectivity index is 1.98. The quantitative estimate of drug-likeness (QED) is 0.608. The molecule has 1 aromatic heterocycles. The summed E-state index contributed by atoms with van der Waals surface area (Å²) in [5.74, 6) is 0. The lowest BCUT2D eigenvalue weighted by molar-refractivity contribution is -0.380. The minimum absolute atomic E-state index is 0.185. The highest BCUT2D eigenvalue weighted by atomic mass is 32.1. The molecule has 0 radical (unpaired) electrons. The third-order valence-corrected chi connectivity index (χ3v) is 4.01. The Morgan fingerprint density at radius 1 is 1.67 bits per heavy atom. The van der Waals surface area contributed by atoms with Crippen LogP contribution >= 0.6 is 11.3 Å². The van der Waals surface area contributed by atoms with Crippen LogP contribution < -0.4 is 0 Å². The summed E-state index contributed by atoms with van der Waals surface area (Å²) in [5, 5.41) is 10.8. The average Bonchev–Trinajstić information content (AvgIpc) is 2.95. The van der Waals surface area contributed by atoms with Gasteiger partial charge in [-0.25, -0.2) is 0 Å². The molecule has 6 heteroatoms. The lowest BCUT2D eigenvalue weighted by atomic mass is 10.2. The number of nitrogens with zero attached hydrogens (tertiary/aromatic N) is 2. The minimum atomic E-state index is -0.356. The second kappa shape index (κ2) is 5.97. The first kappa shape index (κ1) is 13.0. The molecule has 98 valence electrons. The SMILES string of the molecule is COC[C@H]1CCCN1/C=C/c1ccc([N+](=O)[O-])s1. The van der Waals surface area contributed by atoms with Crippen molar-refractivity contribution in [2.24, 2.45) is 0 Å². The number of thiophene rings is 1. The van der Waals surface area contributed by atoms with Gasteiger partial charge >= 0.3 is 5.00 Å². The first-order chi connectivity index (χ1) is 8.70. The largest absolute Gasteiger partial charge is 0.383 e. The van der Waals surface area contributed by atoms with E-state index in [1.165, 1.54) is 17.8 Å². The van der Waals surface area contributed by atoms with Gasteiger partial charge in [-0.3, -0.25) is 10.1 Å². The lowest BCUT2D eigenvalue weighted by Crippen LogP contribution is -2.27. The van der Waals surface area contributed by atoms with Crippen LogP contribution in [-0.2, 0) is 4.74 Å². The van der Waals surface area contributed by atoms with Crippen LogP contribution in [0.5, 0.6) is 0 Å². The predicted octanol–water partition coefficient (Wildman–Crippen LogP) is 2.74. The smallest absolute Gasteiger partial charge is 0.324 e. The van der Waals surface area contributed by atoms with Gasteiger partial charge in [-0.15, -0.1) is 0 Å². The van der Waals surface area contributed by atoms with E-state index in [0.717, 1.165) is 24.4 Å². The molecule has 1 fully saturated rings. The van der Waals surface area contributed by atoms with E-state index < -0.39 is 0 Å². The van der Waals surface area contributed by atoms with Crippen LogP contribution in [0.3, 0.4) is 0 Å². The molecule has 1 aromatic rings. The first-order valence-corrected chi connectivity index (χ1v) is 6.69. The van der Waals surface area contributed by atoms with Crippen molar-refractivity contribution in [3.8, 4) is 0 Å². The van der Waals surface area contributed by atoms with E-state index in [4.69, 9.17) is 4.74 Å². The van der Waals surface area contributed by atoms with E-state index in [-0.39, 0.29) is 9.92 Å². The summed E-state index contributed by atoms with van der Waals surface area (Å²) in [7, 11) is 1.71. The van der Waals surface area contributed by atoms with Gasteiger partial charge in [0.1, 0.15) is 0 Å². The summed E-state index contributed by atoms with van der Waals surface area (Å²) in [4.78, 5) is 13.4. The molecule has 0 aromatic carbocycles. The Kier molecular flexibility index (Phi) is 4.33. The molecule has 1 saturated heterocycles. The Morgan fingerprint density at radius 2 is 2.50 bits per heavy atom. The highest BCUT2D eigenvalue weighted by Crippen LogP contribution is 2.26. The highest BCUT2D eigenvalue weighted by molar-refractivity contribution is 7.16. The molecule has 1 aliphatic rings. The first-order valence-electron chi connectivity index (χ1n) is 5.88. The maximum atomic E-state index is 10.6. The summed E-state index contributed by atoms with van der Waals surface area (Å²) in [5.41, 5.74) is 0. The molecular formula is C12H16N2O3S. The van der Waals surface area contributed by atoms with Crippen LogP contribution in [0.4, 0.5) is 5.00 Å². The number of methoxy groups -OCH3 is 1. The molecule has 0 bridgehead atoms. The van der Waals surface area contributed by atoms with Gasteiger partial charge < -0.3 is 9.64 Å². The van der Waals surface area contributed by atoms with Crippen LogP contribution in [-0.4, -0.2) is 36.1 Å². The van der Waals surface area contributed by atoms with E-state index in [0.29, 0.717) is 6.04 Å². The van der Waals surface area contributed by atoms with Crippen molar-refractivity contribution in [3.05, 3.63) is 33.3 Å². The molecule has 0 saturated carbocycles. The lowest BCUT2D eigenvalue weighted by Gasteiger charge is -2.21. The van der Waals surface area contributed by atoms with Gasteiger partial charge in [0.2, 0.25) is 0 Å². The van der Waals surface area contributed by atoms with Gasteiger partial charge in [-0.05, 0) is 25.0 Å². The molecule has 18 heavy (non-hydrogen) atoms.